The SMILES string of the molecule is CCOC(=O)c1c(NC(=O)CSc2nnc(-c3csc(C)c3CC)n2CC)sc2c1CCCCC2. The number of anilines is 1. The summed E-state index contributed by atoms with van der Waals surface area (Å²) < 4.78 is 7.40. The van der Waals surface area contributed by atoms with Crippen LogP contribution < -0.4 is 5.32 Å². The summed E-state index contributed by atoms with van der Waals surface area (Å²) in [5.41, 5.74) is 4.03. The summed E-state index contributed by atoms with van der Waals surface area (Å²) in [6.07, 6.45) is 6.07. The minimum atomic E-state index is -0.344. The molecule has 10 heteroatoms. The molecule has 0 aromatic carbocycles. The van der Waals surface area contributed by atoms with E-state index in [1.807, 2.05) is 0 Å². The van der Waals surface area contributed by atoms with Crippen molar-refractivity contribution in [1.82, 2.24) is 14.8 Å². The van der Waals surface area contributed by atoms with Gasteiger partial charge in [-0.3, -0.25) is 4.79 Å². The zero-order chi connectivity index (χ0) is 24.9. The molecule has 35 heavy (non-hydrogen) atoms. The van der Waals surface area contributed by atoms with E-state index < -0.39 is 0 Å². The molecule has 7 nitrogen and oxygen atoms in total. The van der Waals surface area contributed by atoms with Gasteiger partial charge in [-0.1, -0.05) is 25.1 Å². The number of thioether (sulfide) groups is 1. The molecule has 4 rings (SSSR count). The fourth-order valence-electron chi connectivity index (χ4n) is 4.53. The lowest BCUT2D eigenvalue weighted by atomic mass is 10.1. The van der Waals surface area contributed by atoms with Gasteiger partial charge < -0.3 is 14.6 Å². The number of fused-ring (bicyclic) bond motifs is 1. The Hall–Kier alpha value is -2.17. The number of hydrogen-bond acceptors (Lipinski definition) is 8. The first-order valence-corrected chi connectivity index (χ1v) is 14.9. The van der Waals surface area contributed by atoms with Crippen LogP contribution in [0.5, 0.6) is 0 Å². The topological polar surface area (TPSA) is 86.1 Å². The summed E-state index contributed by atoms with van der Waals surface area (Å²) in [5, 5.41) is 15.3. The van der Waals surface area contributed by atoms with Crippen LogP contribution in [0.3, 0.4) is 0 Å². The Labute approximate surface area is 218 Å². The minimum absolute atomic E-state index is 0.162. The van der Waals surface area contributed by atoms with Crippen LogP contribution >= 0.6 is 34.4 Å². The van der Waals surface area contributed by atoms with Crippen LogP contribution in [0.25, 0.3) is 11.4 Å². The highest BCUT2D eigenvalue weighted by molar-refractivity contribution is 7.99. The largest absolute Gasteiger partial charge is 0.462 e. The number of nitrogens with one attached hydrogen (secondary N) is 1. The third-order valence-corrected chi connectivity index (χ3v) is 9.34. The molecule has 0 spiro atoms. The van der Waals surface area contributed by atoms with E-state index in [9.17, 15) is 9.59 Å². The molecule has 1 aliphatic rings. The molecular formula is C25H32N4O3S3. The van der Waals surface area contributed by atoms with Crippen LogP contribution in [0.4, 0.5) is 5.00 Å². The zero-order valence-electron chi connectivity index (χ0n) is 20.7. The molecule has 1 aliphatic carbocycles. The smallest absolute Gasteiger partial charge is 0.341 e. The second-order valence-electron chi connectivity index (χ2n) is 8.41. The Kier molecular flexibility index (Phi) is 8.67. The van der Waals surface area contributed by atoms with Crippen molar-refractivity contribution in [2.24, 2.45) is 0 Å². The van der Waals surface area contributed by atoms with Crippen molar-refractivity contribution in [3.05, 3.63) is 31.8 Å². The van der Waals surface area contributed by atoms with Gasteiger partial charge in [0.15, 0.2) is 11.0 Å². The molecule has 1 N–H and O–H groups in total. The van der Waals surface area contributed by atoms with Crippen molar-refractivity contribution in [2.75, 3.05) is 17.7 Å². The fourth-order valence-corrected chi connectivity index (χ4v) is 7.56. The van der Waals surface area contributed by atoms with E-state index in [4.69, 9.17) is 4.74 Å². The average molecular weight is 533 g/mol. The maximum absolute atomic E-state index is 12.9. The second kappa shape index (κ2) is 11.7. The molecule has 3 aromatic heterocycles. The first-order valence-electron chi connectivity index (χ1n) is 12.2. The summed E-state index contributed by atoms with van der Waals surface area (Å²) in [5.74, 6) is 0.530. The summed E-state index contributed by atoms with van der Waals surface area (Å²) in [7, 11) is 0. The van der Waals surface area contributed by atoms with Crippen molar-refractivity contribution in [3.8, 4) is 11.4 Å². The summed E-state index contributed by atoms with van der Waals surface area (Å²) >= 11 is 4.62. The molecule has 0 bridgehead atoms. The Morgan fingerprint density at radius 3 is 2.71 bits per heavy atom. The highest BCUT2D eigenvalue weighted by atomic mass is 32.2. The Balaban J connectivity index is 1.50. The van der Waals surface area contributed by atoms with E-state index in [0.717, 1.165) is 67.2 Å². The van der Waals surface area contributed by atoms with E-state index in [2.05, 4.69) is 46.2 Å². The standard InChI is InChI=1S/C25H32N4O3S3/c1-5-16-15(4)33-13-18(16)22-27-28-25(29(22)6-2)34-14-20(30)26-23-21(24(31)32-7-3)17-11-9-8-10-12-19(17)35-23/h13H,5-12,14H2,1-4H3,(H,26,30). The summed E-state index contributed by atoms with van der Waals surface area (Å²) in [4.78, 5) is 28.2. The Morgan fingerprint density at radius 2 is 1.97 bits per heavy atom. The number of amides is 1. The number of thiophene rings is 2. The monoisotopic (exact) mass is 532 g/mol. The quantitative estimate of drug-likeness (QED) is 0.203. The Morgan fingerprint density at radius 1 is 1.17 bits per heavy atom. The molecule has 188 valence electrons. The number of aryl methyl sites for hydroxylation is 2. The average Bonchev–Trinajstić information content (AvgIpc) is 3.47. The zero-order valence-corrected chi connectivity index (χ0v) is 23.2. The normalized spacial score (nSPS) is 13.4. The van der Waals surface area contributed by atoms with Gasteiger partial charge in [0.1, 0.15) is 5.00 Å². The number of aromatic nitrogens is 3. The van der Waals surface area contributed by atoms with E-state index in [-0.39, 0.29) is 17.6 Å². The lowest BCUT2D eigenvalue weighted by molar-refractivity contribution is -0.113. The fraction of sp³-hybridized carbons (Fsp3) is 0.520. The van der Waals surface area contributed by atoms with Gasteiger partial charge in [-0.25, -0.2) is 4.79 Å². The van der Waals surface area contributed by atoms with Crippen molar-refractivity contribution in [2.45, 2.75) is 77.9 Å². The number of esters is 1. The molecule has 0 atom stereocenters. The molecule has 0 saturated carbocycles. The minimum Gasteiger partial charge on any atom is -0.462 e. The maximum atomic E-state index is 12.9. The summed E-state index contributed by atoms with van der Waals surface area (Å²) in [6, 6.07) is 0. The van der Waals surface area contributed by atoms with Gasteiger partial charge in [-0.15, -0.1) is 32.9 Å². The highest BCUT2D eigenvalue weighted by Crippen LogP contribution is 2.38. The van der Waals surface area contributed by atoms with Gasteiger partial charge in [-0.2, -0.15) is 0 Å². The third kappa shape index (κ3) is 5.49. The highest BCUT2D eigenvalue weighted by Gasteiger charge is 2.27. The predicted octanol–water partition coefficient (Wildman–Crippen LogP) is 6.14. The van der Waals surface area contributed by atoms with E-state index in [0.29, 0.717) is 17.2 Å². The predicted molar refractivity (Wildman–Crippen MR) is 144 cm³/mol. The maximum Gasteiger partial charge on any atom is 0.341 e. The van der Waals surface area contributed by atoms with Gasteiger partial charge in [0.05, 0.1) is 17.9 Å². The molecule has 3 aromatic rings. The number of nitrogens with zero attached hydrogens (tertiary/aromatic N) is 3. The molecule has 0 aliphatic heterocycles. The van der Waals surface area contributed by atoms with Gasteiger partial charge in [0.25, 0.3) is 0 Å². The Bertz CT molecular complexity index is 1210. The van der Waals surface area contributed by atoms with E-state index in [1.54, 1.807) is 18.3 Å². The molecule has 1 amide bonds. The number of carbonyl (C=O) groups excluding carboxylic acids is 2. The molecule has 0 saturated heterocycles. The first kappa shape index (κ1) is 25.9. The van der Waals surface area contributed by atoms with Crippen molar-refractivity contribution < 1.29 is 14.3 Å². The van der Waals surface area contributed by atoms with Crippen molar-refractivity contribution in [1.29, 1.82) is 0 Å². The molecule has 0 unspecified atom stereocenters. The van der Waals surface area contributed by atoms with Crippen molar-refractivity contribution in [3.63, 3.8) is 0 Å². The molecule has 0 radical (unpaired) electrons. The van der Waals surface area contributed by atoms with Crippen LogP contribution in [0.1, 0.15) is 71.3 Å². The van der Waals surface area contributed by atoms with E-state index in [1.165, 1.54) is 38.4 Å². The van der Waals surface area contributed by atoms with E-state index >= 15 is 0 Å². The van der Waals surface area contributed by atoms with Gasteiger partial charge >= 0.3 is 5.97 Å². The number of rotatable bonds is 9. The lowest BCUT2D eigenvalue weighted by Gasteiger charge is -2.09. The van der Waals surface area contributed by atoms with Crippen molar-refractivity contribution >= 4 is 51.3 Å². The van der Waals surface area contributed by atoms with Crippen LogP contribution in [-0.4, -0.2) is 39.0 Å². The van der Waals surface area contributed by atoms with Crippen LogP contribution in [0.2, 0.25) is 0 Å². The second-order valence-corrected chi connectivity index (χ2v) is 11.5. The number of ether oxygens (including phenoxy) is 1. The molecule has 0 fully saturated rings. The van der Waals surface area contributed by atoms with Gasteiger partial charge in [0.2, 0.25) is 5.91 Å². The first-order chi connectivity index (χ1) is 17.0. The molecule has 3 heterocycles. The van der Waals surface area contributed by atoms with Gasteiger partial charge in [-0.05, 0) is 64.0 Å². The van der Waals surface area contributed by atoms with Gasteiger partial charge in [0, 0.05) is 27.2 Å². The summed E-state index contributed by atoms with van der Waals surface area (Å²) in [6.45, 7) is 9.18. The number of carbonyl (C=O) groups is 2. The van der Waals surface area contributed by atoms with Crippen LogP contribution in [-0.2, 0) is 35.3 Å². The van der Waals surface area contributed by atoms with Crippen LogP contribution in [0, 0.1) is 6.92 Å². The lowest BCUT2D eigenvalue weighted by Crippen LogP contribution is -2.17. The van der Waals surface area contributed by atoms with Crippen LogP contribution in [0.15, 0.2) is 10.5 Å². The number of hydrogen-bond donors (Lipinski definition) is 1. The third-order valence-electron chi connectivity index (χ3n) is 6.22. The molecular weight excluding hydrogens is 501 g/mol.